The van der Waals surface area contributed by atoms with Crippen molar-refractivity contribution in [3.8, 4) is 0 Å². The third kappa shape index (κ3) is 3.51. The van der Waals surface area contributed by atoms with Gasteiger partial charge in [0, 0.05) is 17.2 Å². The highest BCUT2D eigenvalue weighted by molar-refractivity contribution is 8.13. The van der Waals surface area contributed by atoms with Crippen LogP contribution < -0.4 is 5.73 Å². The predicted octanol–water partition coefficient (Wildman–Crippen LogP) is 2.42. The number of aromatic nitrogens is 1. The van der Waals surface area contributed by atoms with E-state index in [-0.39, 0.29) is 6.07 Å². The summed E-state index contributed by atoms with van der Waals surface area (Å²) in [5.74, 6) is 0. The van der Waals surface area contributed by atoms with Crippen molar-refractivity contribution in [1.82, 2.24) is 4.98 Å². The molecule has 0 aromatic carbocycles. The van der Waals surface area contributed by atoms with E-state index >= 15 is 0 Å². The monoisotopic (exact) mass is 324 g/mol. The molecule has 2 N–H and O–H groups in total. The van der Waals surface area contributed by atoms with Gasteiger partial charge in [-0.15, -0.1) is 0 Å². The lowest BCUT2D eigenvalue weighted by Crippen LogP contribution is -2.19. The molecule has 0 amide bonds. The number of halogens is 6. The second-order valence-electron chi connectivity index (χ2n) is 3.31. The number of alkyl halides is 5. The molecule has 0 atom stereocenters. The maximum atomic E-state index is 12.8. The normalized spacial score (nSPS) is 13.1. The van der Waals surface area contributed by atoms with Gasteiger partial charge in [-0.2, -0.15) is 13.2 Å². The predicted molar refractivity (Wildman–Crippen MR) is 55.1 cm³/mol. The fourth-order valence-electron chi connectivity index (χ4n) is 1.35. The summed E-state index contributed by atoms with van der Waals surface area (Å²) >= 11 is 0. The first-order valence-corrected chi connectivity index (χ1v) is 6.83. The molecule has 19 heavy (non-hydrogen) atoms. The largest absolute Gasteiger partial charge is 0.419 e. The van der Waals surface area contributed by atoms with Gasteiger partial charge >= 0.3 is 6.18 Å². The Hall–Kier alpha value is -1.00. The van der Waals surface area contributed by atoms with E-state index in [1.807, 2.05) is 0 Å². The van der Waals surface area contributed by atoms with Crippen LogP contribution in [0.4, 0.5) is 22.0 Å². The van der Waals surface area contributed by atoms with Gasteiger partial charge < -0.3 is 5.73 Å². The molecule has 1 rings (SSSR count). The van der Waals surface area contributed by atoms with Gasteiger partial charge in [0.1, 0.15) is 5.69 Å². The zero-order chi connectivity index (χ0) is 15.0. The molecule has 1 aromatic rings. The topological polar surface area (TPSA) is 73.0 Å². The van der Waals surface area contributed by atoms with Crippen molar-refractivity contribution >= 4 is 19.7 Å². The maximum Gasteiger partial charge on any atom is 0.419 e. The number of pyridine rings is 1. The smallest absolute Gasteiger partial charge is 0.325 e. The van der Waals surface area contributed by atoms with Gasteiger partial charge in [-0.3, -0.25) is 0 Å². The van der Waals surface area contributed by atoms with Gasteiger partial charge in [-0.05, 0) is 6.07 Å². The van der Waals surface area contributed by atoms with Crippen LogP contribution >= 0.6 is 10.7 Å². The molecule has 0 spiro atoms. The first-order chi connectivity index (χ1) is 8.48. The average molecular weight is 325 g/mol. The molecule has 0 radical (unpaired) electrons. The summed E-state index contributed by atoms with van der Waals surface area (Å²) in [5.41, 5.74) is 1.10. The van der Waals surface area contributed by atoms with E-state index in [1.54, 1.807) is 0 Å². The van der Waals surface area contributed by atoms with Crippen molar-refractivity contribution in [2.75, 3.05) is 0 Å². The lowest BCUT2D eigenvalue weighted by molar-refractivity contribution is -0.140. The minimum atomic E-state index is -5.14. The highest BCUT2D eigenvalue weighted by Gasteiger charge is 2.40. The first kappa shape index (κ1) is 16.1. The van der Waals surface area contributed by atoms with Gasteiger partial charge in [0.05, 0.1) is 16.2 Å². The summed E-state index contributed by atoms with van der Waals surface area (Å²) in [6.07, 6.45) is -8.40. The molecule has 1 aromatic heterocycles. The van der Waals surface area contributed by atoms with Crippen LogP contribution in [-0.4, -0.2) is 13.4 Å². The Kier molecular flexibility index (Phi) is 4.37. The third-order valence-corrected chi connectivity index (χ3v) is 3.39. The number of nitrogens with zero attached hydrogens (tertiary/aromatic N) is 1. The van der Waals surface area contributed by atoms with Gasteiger partial charge in [0.15, 0.2) is 0 Å². The summed E-state index contributed by atoms with van der Waals surface area (Å²) in [7, 11) is -0.0478. The summed E-state index contributed by atoms with van der Waals surface area (Å²) in [4.78, 5) is 1.53. The number of rotatable bonds is 3. The number of hydrogen-bond acceptors (Lipinski definition) is 4. The SMILES string of the molecule is NCc1nc(C(F)F)cc(S(=O)(=O)Cl)c1C(F)(F)F. The molecule has 0 aliphatic rings. The van der Waals surface area contributed by atoms with E-state index in [0.717, 1.165) is 0 Å². The van der Waals surface area contributed by atoms with Crippen LogP contribution in [0.1, 0.15) is 23.4 Å². The van der Waals surface area contributed by atoms with Crippen molar-refractivity contribution in [1.29, 1.82) is 0 Å². The van der Waals surface area contributed by atoms with E-state index in [2.05, 4.69) is 4.98 Å². The molecule has 0 aliphatic carbocycles. The quantitative estimate of drug-likeness (QED) is 0.684. The lowest BCUT2D eigenvalue weighted by Gasteiger charge is -2.15. The molecule has 0 saturated carbocycles. The Labute approximate surface area is 108 Å². The second kappa shape index (κ2) is 5.17. The first-order valence-electron chi connectivity index (χ1n) is 4.52. The lowest BCUT2D eigenvalue weighted by atomic mass is 10.1. The molecule has 0 unspecified atom stereocenters. The summed E-state index contributed by atoms with van der Waals surface area (Å²) in [6.45, 7) is -0.866. The molecular weight excluding hydrogens is 319 g/mol. The molecular formula is C8H6ClF5N2O2S. The van der Waals surface area contributed by atoms with Crippen molar-refractivity contribution in [3.63, 3.8) is 0 Å². The van der Waals surface area contributed by atoms with Gasteiger partial charge in [-0.25, -0.2) is 22.2 Å². The zero-order valence-electron chi connectivity index (χ0n) is 8.88. The van der Waals surface area contributed by atoms with Crippen molar-refractivity contribution in [3.05, 3.63) is 23.0 Å². The molecule has 0 saturated heterocycles. The molecule has 108 valence electrons. The number of hydrogen-bond donors (Lipinski definition) is 1. The van der Waals surface area contributed by atoms with Crippen molar-refractivity contribution in [2.45, 2.75) is 24.0 Å². The molecule has 1 heterocycles. The Bertz CT molecular complexity index is 588. The Balaban J connectivity index is 3.79. The molecule has 0 bridgehead atoms. The van der Waals surface area contributed by atoms with E-state index in [4.69, 9.17) is 16.4 Å². The fraction of sp³-hybridized carbons (Fsp3) is 0.375. The Morgan fingerprint density at radius 1 is 1.37 bits per heavy atom. The van der Waals surface area contributed by atoms with E-state index in [1.165, 1.54) is 0 Å². The zero-order valence-corrected chi connectivity index (χ0v) is 10.5. The highest BCUT2D eigenvalue weighted by atomic mass is 35.7. The van der Waals surface area contributed by atoms with E-state index in [9.17, 15) is 30.4 Å². The summed E-state index contributed by atoms with van der Waals surface area (Å²) in [5, 5.41) is 0. The Morgan fingerprint density at radius 2 is 1.89 bits per heavy atom. The van der Waals surface area contributed by atoms with Crippen LogP contribution in [0.15, 0.2) is 11.0 Å². The van der Waals surface area contributed by atoms with Crippen molar-refractivity contribution in [2.24, 2.45) is 5.73 Å². The van der Waals surface area contributed by atoms with Crippen LogP contribution in [0.3, 0.4) is 0 Å². The molecule has 0 fully saturated rings. The number of nitrogens with two attached hydrogens (primary N) is 1. The summed E-state index contributed by atoms with van der Waals surface area (Å²) in [6, 6.07) is 0.0922. The highest BCUT2D eigenvalue weighted by Crippen LogP contribution is 2.38. The van der Waals surface area contributed by atoms with E-state index < -0.39 is 50.0 Å². The minimum Gasteiger partial charge on any atom is -0.325 e. The van der Waals surface area contributed by atoms with Crippen LogP contribution in [0.5, 0.6) is 0 Å². The van der Waals surface area contributed by atoms with Crippen LogP contribution in [0.2, 0.25) is 0 Å². The van der Waals surface area contributed by atoms with Crippen LogP contribution in [0.25, 0.3) is 0 Å². The Morgan fingerprint density at radius 3 is 2.21 bits per heavy atom. The van der Waals surface area contributed by atoms with Crippen LogP contribution in [-0.2, 0) is 21.8 Å². The van der Waals surface area contributed by atoms with Gasteiger partial charge in [0.25, 0.3) is 15.5 Å². The standard InChI is InChI=1S/C8H6ClF5N2O2S/c9-19(17,18)5-1-3(7(10)11)16-4(2-15)6(5)8(12,13)14/h1,7H,2,15H2. The van der Waals surface area contributed by atoms with Gasteiger partial charge in [-0.1, -0.05) is 0 Å². The molecule has 0 aliphatic heterocycles. The van der Waals surface area contributed by atoms with E-state index in [0.29, 0.717) is 0 Å². The average Bonchev–Trinajstić information content (AvgIpc) is 2.24. The summed E-state index contributed by atoms with van der Waals surface area (Å²) < 4.78 is 85.4. The maximum absolute atomic E-state index is 12.8. The van der Waals surface area contributed by atoms with Crippen molar-refractivity contribution < 1.29 is 30.4 Å². The molecule has 11 heteroatoms. The van der Waals surface area contributed by atoms with Gasteiger partial charge in [0.2, 0.25) is 0 Å². The fourth-order valence-corrected chi connectivity index (χ4v) is 2.45. The second-order valence-corrected chi connectivity index (χ2v) is 5.84. The van der Waals surface area contributed by atoms with Crippen LogP contribution in [0, 0.1) is 0 Å². The minimum absolute atomic E-state index is 0.0922. The molecule has 4 nitrogen and oxygen atoms in total. The third-order valence-electron chi connectivity index (χ3n) is 2.04.